The van der Waals surface area contributed by atoms with Gasteiger partial charge >= 0.3 is 0 Å². The number of hydrogen-bond acceptors (Lipinski definition) is 8. The van der Waals surface area contributed by atoms with E-state index in [0.717, 1.165) is 22.1 Å². The Morgan fingerprint density at radius 1 is 0.875 bits per heavy atom. The maximum absolute atomic E-state index is 13.1. The van der Waals surface area contributed by atoms with Crippen molar-refractivity contribution in [2.75, 3.05) is 52.4 Å². The van der Waals surface area contributed by atoms with Gasteiger partial charge in [0.15, 0.2) is 16.6 Å². The van der Waals surface area contributed by atoms with E-state index in [2.05, 4.69) is 4.90 Å². The molecule has 170 valence electrons. The number of anilines is 1. The van der Waals surface area contributed by atoms with Crippen molar-refractivity contribution in [2.24, 2.45) is 0 Å². The molecule has 10 heteroatoms. The summed E-state index contributed by atoms with van der Waals surface area (Å²) in [6, 6.07) is 12.4. The fourth-order valence-electron chi connectivity index (χ4n) is 3.55. The lowest BCUT2D eigenvalue weighted by Crippen LogP contribution is -2.48. The average molecular weight is 476 g/mol. The Balaban J connectivity index is 1.44. The van der Waals surface area contributed by atoms with Gasteiger partial charge in [-0.3, -0.25) is 0 Å². The van der Waals surface area contributed by atoms with Gasteiger partial charge in [-0.1, -0.05) is 0 Å². The van der Waals surface area contributed by atoms with Gasteiger partial charge in [-0.05, 0) is 36.4 Å². The van der Waals surface area contributed by atoms with Crippen molar-refractivity contribution in [1.82, 2.24) is 9.29 Å². The predicted molar refractivity (Wildman–Crippen MR) is 125 cm³/mol. The van der Waals surface area contributed by atoms with Crippen molar-refractivity contribution in [3.63, 3.8) is 0 Å². The number of rotatable bonds is 7. The average Bonchev–Trinajstić information content (AvgIpc) is 3.34. The van der Waals surface area contributed by atoms with E-state index < -0.39 is 10.0 Å². The highest BCUT2D eigenvalue weighted by atomic mass is 32.2. The SMILES string of the molecule is COc1ccc(-c2csc(N3CCN(S(=O)(=O)c4ccc(OC)c(OC)c4)CC3)n2)cc1. The number of hydrogen-bond donors (Lipinski definition) is 0. The van der Waals surface area contributed by atoms with Crippen LogP contribution in [0, 0.1) is 0 Å². The van der Waals surface area contributed by atoms with Crippen LogP contribution in [0.2, 0.25) is 0 Å². The lowest BCUT2D eigenvalue weighted by atomic mass is 10.2. The highest BCUT2D eigenvalue weighted by Crippen LogP contribution is 2.32. The van der Waals surface area contributed by atoms with Crippen LogP contribution in [0.5, 0.6) is 17.2 Å². The van der Waals surface area contributed by atoms with Crippen LogP contribution in [0.15, 0.2) is 52.7 Å². The molecule has 32 heavy (non-hydrogen) atoms. The summed E-state index contributed by atoms with van der Waals surface area (Å²) in [5.74, 6) is 1.68. The molecule has 0 bridgehead atoms. The van der Waals surface area contributed by atoms with Crippen molar-refractivity contribution in [3.05, 3.63) is 47.8 Å². The highest BCUT2D eigenvalue weighted by molar-refractivity contribution is 7.89. The summed E-state index contributed by atoms with van der Waals surface area (Å²) in [5, 5.41) is 2.91. The van der Waals surface area contributed by atoms with E-state index in [9.17, 15) is 8.42 Å². The van der Waals surface area contributed by atoms with Crippen LogP contribution in [0.3, 0.4) is 0 Å². The van der Waals surface area contributed by atoms with E-state index in [0.29, 0.717) is 37.7 Å². The lowest BCUT2D eigenvalue weighted by molar-refractivity contribution is 0.353. The Morgan fingerprint density at radius 3 is 2.19 bits per heavy atom. The fourth-order valence-corrected chi connectivity index (χ4v) is 5.88. The Labute approximate surface area is 192 Å². The first-order valence-corrected chi connectivity index (χ1v) is 12.4. The number of sulfonamides is 1. The number of nitrogens with zero attached hydrogens (tertiary/aromatic N) is 3. The van der Waals surface area contributed by atoms with Crippen molar-refractivity contribution >= 4 is 26.5 Å². The quantitative estimate of drug-likeness (QED) is 0.518. The molecule has 0 amide bonds. The normalized spacial score (nSPS) is 14.9. The van der Waals surface area contributed by atoms with Crippen molar-refractivity contribution in [3.8, 4) is 28.5 Å². The minimum absolute atomic E-state index is 0.194. The fraction of sp³-hybridized carbons (Fsp3) is 0.318. The summed E-state index contributed by atoms with van der Waals surface area (Å²) in [6.45, 7) is 1.91. The summed E-state index contributed by atoms with van der Waals surface area (Å²) < 4.78 is 43.4. The van der Waals surface area contributed by atoms with Gasteiger partial charge in [0, 0.05) is 43.2 Å². The van der Waals surface area contributed by atoms with Crippen molar-refractivity contribution in [2.45, 2.75) is 4.90 Å². The van der Waals surface area contributed by atoms with E-state index in [4.69, 9.17) is 19.2 Å². The largest absolute Gasteiger partial charge is 0.497 e. The van der Waals surface area contributed by atoms with Gasteiger partial charge in [0.05, 0.1) is 31.9 Å². The number of thiazole rings is 1. The second-order valence-electron chi connectivity index (χ2n) is 7.15. The zero-order valence-electron chi connectivity index (χ0n) is 18.1. The maximum atomic E-state index is 13.1. The number of benzene rings is 2. The molecule has 1 saturated heterocycles. The Morgan fingerprint density at radius 2 is 1.56 bits per heavy atom. The lowest BCUT2D eigenvalue weighted by Gasteiger charge is -2.33. The Bertz CT molecular complexity index is 1170. The molecule has 1 fully saturated rings. The van der Waals surface area contributed by atoms with Gasteiger partial charge in [-0.2, -0.15) is 4.31 Å². The summed E-state index contributed by atoms with van der Waals surface area (Å²) in [7, 11) is 1.02. The molecule has 3 aromatic rings. The van der Waals surface area contributed by atoms with Crippen LogP contribution in [-0.4, -0.2) is 65.2 Å². The first-order valence-electron chi connectivity index (χ1n) is 10.0. The molecule has 0 radical (unpaired) electrons. The smallest absolute Gasteiger partial charge is 0.243 e. The molecule has 0 N–H and O–H groups in total. The first-order chi connectivity index (χ1) is 15.5. The summed E-state index contributed by atoms with van der Waals surface area (Å²) in [6.07, 6.45) is 0. The first kappa shape index (κ1) is 22.4. The molecule has 8 nitrogen and oxygen atoms in total. The van der Waals surface area contributed by atoms with E-state index in [1.807, 2.05) is 29.6 Å². The zero-order valence-corrected chi connectivity index (χ0v) is 19.8. The Hall–Kier alpha value is -2.82. The molecule has 0 spiro atoms. The van der Waals surface area contributed by atoms with Gasteiger partial charge in [-0.25, -0.2) is 13.4 Å². The standard InChI is InChI=1S/C22H25N3O5S2/c1-28-17-6-4-16(5-7-17)19-15-31-22(23-19)24-10-12-25(13-11-24)32(26,27)18-8-9-20(29-2)21(14-18)30-3/h4-9,14-15H,10-13H2,1-3H3. The summed E-state index contributed by atoms with van der Waals surface area (Å²) >= 11 is 1.56. The van der Waals surface area contributed by atoms with Crippen LogP contribution in [0.1, 0.15) is 0 Å². The number of piperazine rings is 1. The second-order valence-corrected chi connectivity index (χ2v) is 9.93. The maximum Gasteiger partial charge on any atom is 0.243 e. The molecule has 1 aromatic heterocycles. The van der Waals surface area contributed by atoms with E-state index in [1.165, 1.54) is 24.6 Å². The monoisotopic (exact) mass is 475 g/mol. The van der Waals surface area contributed by atoms with E-state index >= 15 is 0 Å². The van der Waals surface area contributed by atoms with Crippen LogP contribution in [-0.2, 0) is 10.0 Å². The van der Waals surface area contributed by atoms with Crippen LogP contribution < -0.4 is 19.1 Å². The molecule has 2 heterocycles. The molecule has 0 atom stereocenters. The van der Waals surface area contributed by atoms with Crippen LogP contribution in [0.25, 0.3) is 11.3 Å². The van der Waals surface area contributed by atoms with Crippen molar-refractivity contribution in [1.29, 1.82) is 0 Å². The van der Waals surface area contributed by atoms with Crippen molar-refractivity contribution < 1.29 is 22.6 Å². The predicted octanol–water partition coefficient (Wildman–Crippen LogP) is 3.35. The molecular weight excluding hydrogens is 450 g/mol. The number of ether oxygens (including phenoxy) is 3. The number of methoxy groups -OCH3 is 3. The molecule has 1 aliphatic heterocycles. The summed E-state index contributed by atoms with van der Waals surface area (Å²) in [5.41, 5.74) is 1.91. The minimum atomic E-state index is -3.63. The molecule has 0 unspecified atom stereocenters. The highest BCUT2D eigenvalue weighted by Gasteiger charge is 2.30. The second kappa shape index (κ2) is 9.35. The van der Waals surface area contributed by atoms with Gasteiger partial charge in [0.1, 0.15) is 5.75 Å². The molecule has 4 rings (SSSR count). The minimum Gasteiger partial charge on any atom is -0.497 e. The van der Waals surface area contributed by atoms with Crippen LogP contribution >= 0.6 is 11.3 Å². The van der Waals surface area contributed by atoms with Crippen LogP contribution in [0.4, 0.5) is 5.13 Å². The molecule has 0 saturated carbocycles. The van der Waals surface area contributed by atoms with E-state index in [1.54, 1.807) is 30.6 Å². The molecule has 0 aliphatic carbocycles. The third kappa shape index (κ3) is 4.38. The van der Waals surface area contributed by atoms with Gasteiger partial charge < -0.3 is 19.1 Å². The third-order valence-corrected chi connectivity index (χ3v) is 8.18. The summed E-state index contributed by atoms with van der Waals surface area (Å²) in [4.78, 5) is 7.07. The molecule has 1 aliphatic rings. The Kier molecular flexibility index (Phi) is 6.54. The van der Waals surface area contributed by atoms with Gasteiger partial charge in [-0.15, -0.1) is 11.3 Å². The third-order valence-electron chi connectivity index (χ3n) is 5.38. The topological polar surface area (TPSA) is 81.2 Å². The van der Waals surface area contributed by atoms with Gasteiger partial charge in [0.25, 0.3) is 0 Å². The molecular formula is C22H25N3O5S2. The molecule has 2 aromatic carbocycles. The number of aromatic nitrogens is 1. The van der Waals surface area contributed by atoms with E-state index in [-0.39, 0.29) is 4.90 Å². The van der Waals surface area contributed by atoms with Gasteiger partial charge in [0.2, 0.25) is 10.0 Å². The zero-order chi connectivity index (χ0) is 22.7.